The topological polar surface area (TPSA) is 38.5 Å². The fourth-order valence-electron chi connectivity index (χ4n) is 2.51. The second kappa shape index (κ2) is 7.14. The van der Waals surface area contributed by atoms with Gasteiger partial charge >= 0.3 is 0 Å². The van der Waals surface area contributed by atoms with E-state index in [0.717, 1.165) is 39.2 Å². The molecule has 17 heavy (non-hydrogen) atoms. The summed E-state index contributed by atoms with van der Waals surface area (Å²) in [5.41, 5.74) is 7.71. The predicted molar refractivity (Wildman–Crippen MR) is 73.1 cm³/mol. The molecule has 0 aliphatic carbocycles. The van der Waals surface area contributed by atoms with Crippen LogP contribution in [-0.4, -0.2) is 44.8 Å². The summed E-state index contributed by atoms with van der Waals surface area (Å²) < 4.78 is 5.17. The van der Waals surface area contributed by atoms with Gasteiger partial charge in [0.1, 0.15) is 0 Å². The van der Waals surface area contributed by atoms with Gasteiger partial charge in [0.05, 0.1) is 6.61 Å². The van der Waals surface area contributed by atoms with E-state index >= 15 is 0 Å². The summed E-state index contributed by atoms with van der Waals surface area (Å²) in [5, 5.41) is 0. The van der Waals surface area contributed by atoms with Gasteiger partial charge in [0.2, 0.25) is 0 Å². The maximum atomic E-state index is 5.96. The van der Waals surface area contributed by atoms with Crippen LogP contribution >= 0.6 is 0 Å². The first-order valence-electron chi connectivity index (χ1n) is 6.79. The van der Waals surface area contributed by atoms with Crippen molar-refractivity contribution in [3.05, 3.63) is 11.6 Å². The van der Waals surface area contributed by atoms with Gasteiger partial charge in [-0.15, -0.1) is 0 Å². The molecule has 0 radical (unpaired) electrons. The highest BCUT2D eigenvalue weighted by Crippen LogP contribution is 2.27. The van der Waals surface area contributed by atoms with E-state index in [-0.39, 0.29) is 0 Å². The molecule has 0 atom stereocenters. The summed E-state index contributed by atoms with van der Waals surface area (Å²) in [5.74, 6) is 0. The Hall–Kier alpha value is -0.380. The van der Waals surface area contributed by atoms with Crippen molar-refractivity contribution < 1.29 is 4.74 Å². The zero-order valence-electron chi connectivity index (χ0n) is 11.7. The minimum absolute atomic E-state index is 0.312. The van der Waals surface area contributed by atoms with Gasteiger partial charge in [-0.2, -0.15) is 0 Å². The molecule has 0 spiro atoms. The molecule has 0 aromatic heterocycles. The molecular formula is C14H28N2O. The van der Waals surface area contributed by atoms with E-state index in [4.69, 9.17) is 10.5 Å². The molecule has 1 rings (SSSR count). The van der Waals surface area contributed by atoms with Gasteiger partial charge in [0, 0.05) is 26.7 Å². The van der Waals surface area contributed by atoms with E-state index < -0.39 is 0 Å². The van der Waals surface area contributed by atoms with Crippen molar-refractivity contribution in [2.75, 3.05) is 39.9 Å². The minimum atomic E-state index is 0.312. The summed E-state index contributed by atoms with van der Waals surface area (Å²) in [7, 11) is 1.76. The molecule has 1 aliphatic heterocycles. The van der Waals surface area contributed by atoms with Crippen molar-refractivity contribution in [2.24, 2.45) is 11.1 Å². The molecule has 0 aromatic carbocycles. The lowest BCUT2D eigenvalue weighted by atomic mass is 9.81. The Morgan fingerprint density at radius 3 is 2.53 bits per heavy atom. The number of methoxy groups -OCH3 is 1. The van der Waals surface area contributed by atoms with Crippen LogP contribution in [0.5, 0.6) is 0 Å². The lowest BCUT2D eigenvalue weighted by Crippen LogP contribution is -2.43. The molecule has 0 saturated carbocycles. The van der Waals surface area contributed by atoms with Crippen LogP contribution in [0.25, 0.3) is 0 Å². The molecule has 0 aromatic rings. The van der Waals surface area contributed by atoms with Crippen molar-refractivity contribution in [1.29, 1.82) is 0 Å². The molecule has 0 unspecified atom stereocenters. The average Bonchev–Trinajstić information content (AvgIpc) is 2.39. The second-order valence-corrected chi connectivity index (χ2v) is 5.19. The molecule has 3 nitrogen and oxygen atoms in total. The third-order valence-electron chi connectivity index (χ3n) is 4.21. The van der Waals surface area contributed by atoms with Crippen LogP contribution < -0.4 is 5.73 Å². The molecule has 0 fully saturated rings. The fraction of sp³-hybridized carbons (Fsp3) is 0.857. The van der Waals surface area contributed by atoms with Crippen LogP contribution in [-0.2, 0) is 4.74 Å². The molecule has 3 heteroatoms. The minimum Gasteiger partial charge on any atom is -0.380 e. The van der Waals surface area contributed by atoms with Gasteiger partial charge in [-0.1, -0.05) is 19.9 Å². The standard InChI is InChI=1S/C14H28N2O/c1-4-14(5-2,11-15)12-16-8-6-13(7-9-16)10-17-3/h6H,4-5,7-12,15H2,1-3H3. The second-order valence-electron chi connectivity index (χ2n) is 5.19. The van der Waals surface area contributed by atoms with Gasteiger partial charge < -0.3 is 10.5 Å². The SMILES string of the molecule is CCC(CC)(CN)CN1CC=C(COC)CC1. The monoisotopic (exact) mass is 240 g/mol. The number of nitrogens with zero attached hydrogens (tertiary/aromatic N) is 1. The van der Waals surface area contributed by atoms with E-state index in [1.807, 2.05) is 0 Å². The molecule has 2 N–H and O–H groups in total. The first kappa shape index (κ1) is 14.7. The van der Waals surface area contributed by atoms with Gasteiger partial charge in [-0.3, -0.25) is 4.90 Å². The first-order valence-corrected chi connectivity index (χ1v) is 6.79. The summed E-state index contributed by atoms with van der Waals surface area (Å²) in [6.07, 6.45) is 5.80. The molecule has 0 saturated heterocycles. The Balaban J connectivity index is 2.49. The van der Waals surface area contributed by atoms with E-state index in [1.54, 1.807) is 7.11 Å². The van der Waals surface area contributed by atoms with E-state index in [9.17, 15) is 0 Å². The Labute approximate surface area is 106 Å². The maximum absolute atomic E-state index is 5.96. The highest BCUT2D eigenvalue weighted by atomic mass is 16.5. The first-order chi connectivity index (χ1) is 8.19. The summed E-state index contributed by atoms with van der Waals surface area (Å²) in [4.78, 5) is 2.53. The van der Waals surface area contributed by atoms with Crippen molar-refractivity contribution in [2.45, 2.75) is 33.1 Å². The third-order valence-corrected chi connectivity index (χ3v) is 4.21. The summed E-state index contributed by atoms with van der Waals surface area (Å²) >= 11 is 0. The van der Waals surface area contributed by atoms with Crippen molar-refractivity contribution >= 4 is 0 Å². The molecule has 1 heterocycles. The number of hydrogen-bond acceptors (Lipinski definition) is 3. The maximum Gasteiger partial charge on any atom is 0.0673 e. The molecular weight excluding hydrogens is 212 g/mol. The third kappa shape index (κ3) is 4.09. The van der Waals surface area contributed by atoms with E-state index in [0.29, 0.717) is 5.41 Å². The van der Waals surface area contributed by atoms with Gasteiger partial charge in [-0.05, 0) is 36.8 Å². The van der Waals surface area contributed by atoms with Crippen LogP contribution in [0.2, 0.25) is 0 Å². The fourth-order valence-corrected chi connectivity index (χ4v) is 2.51. The van der Waals surface area contributed by atoms with E-state index in [2.05, 4.69) is 24.8 Å². The number of hydrogen-bond donors (Lipinski definition) is 1. The Kier molecular flexibility index (Phi) is 6.17. The Morgan fingerprint density at radius 2 is 2.12 bits per heavy atom. The molecule has 0 amide bonds. The highest BCUT2D eigenvalue weighted by molar-refractivity contribution is 5.08. The number of ether oxygens (including phenoxy) is 1. The van der Waals surface area contributed by atoms with Crippen LogP contribution in [0.15, 0.2) is 11.6 Å². The largest absolute Gasteiger partial charge is 0.380 e. The number of rotatable bonds is 7. The van der Waals surface area contributed by atoms with E-state index in [1.165, 1.54) is 18.4 Å². The van der Waals surface area contributed by atoms with Crippen LogP contribution in [0, 0.1) is 5.41 Å². The predicted octanol–water partition coefficient (Wildman–Crippen LogP) is 2.03. The summed E-state index contributed by atoms with van der Waals surface area (Å²) in [6, 6.07) is 0. The van der Waals surface area contributed by atoms with Crippen LogP contribution in [0.1, 0.15) is 33.1 Å². The molecule has 100 valence electrons. The lowest BCUT2D eigenvalue weighted by molar-refractivity contribution is 0.146. The van der Waals surface area contributed by atoms with Crippen molar-refractivity contribution in [1.82, 2.24) is 4.90 Å². The summed E-state index contributed by atoms with van der Waals surface area (Å²) in [6.45, 7) is 9.44. The Bertz CT molecular complexity index is 238. The normalized spacial score (nSPS) is 18.2. The number of nitrogens with two attached hydrogens (primary N) is 1. The van der Waals surface area contributed by atoms with Crippen molar-refractivity contribution in [3.8, 4) is 0 Å². The molecule has 1 aliphatic rings. The van der Waals surface area contributed by atoms with Crippen molar-refractivity contribution in [3.63, 3.8) is 0 Å². The van der Waals surface area contributed by atoms with Gasteiger partial charge in [0.15, 0.2) is 0 Å². The Morgan fingerprint density at radius 1 is 1.41 bits per heavy atom. The van der Waals surface area contributed by atoms with Crippen LogP contribution in [0.3, 0.4) is 0 Å². The smallest absolute Gasteiger partial charge is 0.0673 e. The molecule has 0 bridgehead atoms. The quantitative estimate of drug-likeness (QED) is 0.692. The zero-order valence-corrected chi connectivity index (χ0v) is 11.7. The van der Waals surface area contributed by atoms with Gasteiger partial charge in [-0.25, -0.2) is 0 Å². The van der Waals surface area contributed by atoms with Gasteiger partial charge in [0.25, 0.3) is 0 Å². The lowest BCUT2D eigenvalue weighted by Gasteiger charge is -2.37. The zero-order chi connectivity index (χ0) is 12.7. The highest BCUT2D eigenvalue weighted by Gasteiger charge is 2.27. The average molecular weight is 240 g/mol. The van der Waals surface area contributed by atoms with Crippen LogP contribution in [0.4, 0.5) is 0 Å².